The van der Waals surface area contributed by atoms with Crippen LogP contribution in [0.5, 0.6) is 0 Å². The number of rotatable bonds is 4. The molecule has 0 aliphatic heterocycles. The molecular weight excluding hydrogens is 336 g/mol. The van der Waals surface area contributed by atoms with Crippen LogP contribution < -0.4 is 10.7 Å². The molecule has 2 N–H and O–H groups in total. The van der Waals surface area contributed by atoms with Gasteiger partial charge >= 0.3 is 11.8 Å². The van der Waals surface area contributed by atoms with Crippen molar-refractivity contribution >= 4 is 41.0 Å². The predicted octanol–water partition coefficient (Wildman–Crippen LogP) is 2.34. The van der Waals surface area contributed by atoms with E-state index in [2.05, 4.69) is 15.8 Å². The van der Waals surface area contributed by atoms with E-state index in [9.17, 15) is 19.7 Å². The number of amides is 2. The van der Waals surface area contributed by atoms with Gasteiger partial charge < -0.3 is 5.32 Å². The first kappa shape index (κ1) is 17.1. The van der Waals surface area contributed by atoms with Crippen LogP contribution in [0.25, 0.3) is 0 Å². The average molecular weight is 347 g/mol. The molecule has 0 aromatic heterocycles. The molecular formula is C15H11ClN4O4. The Morgan fingerprint density at radius 1 is 1.12 bits per heavy atom. The number of carbonyl (C=O) groups is 2. The number of hydrogen-bond acceptors (Lipinski definition) is 5. The van der Waals surface area contributed by atoms with Gasteiger partial charge in [-0.1, -0.05) is 17.7 Å². The minimum atomic E-state index is -0.965. The number of nitro groups is 1. The summed E-state index contributed by atoms with van der Waals surface area (Å²) in [7, 11) is 0. The smallest absolute Gasteiger partial charge is 0.318 e. The maximum atomic E-state index is 11.7. The van der Waals surface area contributed by atoms with E-state index in [0.717, 1.165) is 0 Å². The summed E-state index contributed by atoms with van der Waals surface area (Å²) in [5.74, 6) is -1.87. The van der Waals surface area contributed by atoms with Crippen molar-refractivity contribution in [2.75, 3.05) is 5.32 Å². The fourth-order valence-corrected chi connectivity index (χ4v) is 1.84. The van der Waals surface area contributed by atoms with Crippen molar-refractivity contribution < 1.29 is 14.5 Å². The second-order valence-electron chi connectivity index (χ2n) is 4.51. The average Bonchev–Trinajstić information content (AvgIpc) is 2.55. The third kappa shape index (κ3) is 4.89. The molecule has 2 amide bonds. The molecule has 0 aliphatic rings. The van der Waals surface area contributed by atoms with Crippen molar-refractivity contribution in [3.63, 3.8) is 0 Å². The Morgan fingerprint density at radius 2 is 1.83 bits per heavy atom. The number of nitrogens with one attached hydrogen (secondary N) is 2. The highest BCUT2D eigenvalue weighted by atomic mass is 35.5. The first-order valence-corrected chi connectivity index (χ1v) is 6.98. The van der Waals surface area contributed by atoms with Crippen LogP contribution in [0.3, 0.4) is 0 Å². The summed E-state index contributed by atoms with van der Waals surface area (Å²) in [4.78, 5) is 33.3. The second-order valence-corrected chi connectivity index (χ2v) is 4.95. The Labute approximate surface area is 141 Å². The van der Waals surface area contributed by atoms with Crippen molar-refractivity contribution in [3.8, 4) is 0 Å². The molecule has 24 heavy (non-hydrogen) atoms. The lowest BCUT2D eigenvalue weighted by atomic mass is 10.2. The summed E-state index contributed by atoms with van der Waals surface area (Å²) in [5, 5.41) is 16.9. The first-order valence-electron chi connectivity index (χ1n) is 6.60. The van der Waals surface area contributed by atoms with E-state index in [1.165, 1.54) is 36.5 Å². The summed E-state index contributed by atoms with van der Waals surface area (Å²) in [6.07, 6.45) is 1.26. The molecule has 2 aromatic rings. The molecule has 122 valence electrons. The minimum Gasteiger partial charge on any atom is -0.318 e. The van der Waals surface area contributed by atoms with Crippen molar-refractivity contribution in [1.82, 2.24) is 5.43 Å². The Balaban J connectivity index is 1.89. The van der Waals surface area contributed by atoms with Crippen LogP contribution in [0.15, 0.2) is 53.6 Å². The van der Waals surface area contributed by atoms with E-state index in [0.29, 0.717) is 16.3 Å². The van der Waals surface area contributed by atoms with Crippen molar-refractivity contribution in [3.05, 3.63) is 69.2 Å². The Kier molecular flexibility index (Phi) is 5.58. The fraction of sp³-hybridized carbons (Fsp3) is 0. The number of anilines is 1. The monoisotopic (exact) mass is 346 g/mol. The number of benzene rings is 2. The van der Waals surface area contributed by atoms with Gasteiger partial charge in [0.1, 0.15) is 0 Å². The summed E-state index contributed by atoms with van der Waals surface area (Å²) < 4.78 is 0. The Hall–Kier alpha value is -3.26. The molecule has 2 rings (SSSR count). The molecule has 0 aliphatic carbocycles. The third-order valence-electron chi connectivity index (χ3n) is 2.77. The van der Waals surface area contributed by atoms with E-state index in [4.69, 9.17) is 11.6 Å². The molecule has 0 bridgehead atoms. The molecule has 0 saturated heterocycles. The van der Waals surface area contributed by atoms with E-state index < -0.39 is 16.7 Å². The van der Waals surface area contributed by atoms with Crippen molar-refractivity contribution in [2.45, 2.75) is 0 Å². The van der Waals surface area contributed by atoms with Gasteiger partial charge in [0.25, 0.3) is 5.69 Å². The van der Waals surface area contributed by atoms with Gasteiger partial charge in [-0.3, -0.25) is 19.7 Å². The van der Waals surface area contributed by atoms with Gasteiger partial charge in [-0.15, -0.1) is 0 Å². The second kappa shape index (κ2) is 7.84. The van der Waals surface area contributed by atoms with Gasteiger partial charge in [0.05, 0.1) is 11.1 Å². The zero-order valence-corrected chi connectivity index (χ0v) is 12.9. The number of nitro benzene ring substituents is 1. The quantitative estimate of drug-likeness (QED) is 0.382. The van der Waals surface area contributed by atoms with Crippen LogP contribution in [0.1, 0.15) is 5.56 Å². The van der Waals surface area contributed by atoms with Gasteiger partial charge in [-0.05, 0) is 35.9 Å². The van der Waals surface area contributed by atoms with Gasteiger partial charge in [0.15, 0.2) is 0 Å². The van der Waals surface area contributed by atoms with E-state index >= 15 is 0 Å². The summed E-state index contributed by atoms with van der Waals surface area (Å²) in [5.41, 5.74) is 2.90. The van der Waals surface area contributed by atoms with Crippen LogP contribution in [-0.2, 0) is 9.59 Å². The van der Waals surface area contributed by atoms with E-state index in [1.54, 1.807) is 18.2 Å². The molecule has 9 heteroatoms. The van der Waals surface area contributed by atoms with Gasteiger partial charge in [-0.2, -0.15) is 5.10 Å². The number of non-ortho nitro benzene ring substituents is 1. The van der Waals surface area contributed by atoms with Crippen LogP contribution in [0.2, 0.25) is 5.02 Å². The minimum absolute atomic E-state index is 0.0583. The number of nitrogens with zero attached hydrogens (tertiary/aromatic N) is 2. The maximum Gasteiger partial charge on any atom is 0.329 e. The van der Waals surface area contributed by atoms with Crippen LogP contribution >= 0.6 is 11.6 Å². The number of carbonyl (C=O) groups excluding carboxylic acids is 2. The van der Waals surface area contributed by atoms with E-state index in [-0.39, 0.29) is 5.69 Å². The normalized spacial score (nSPS) is 10.4. The predicted molar refractivity (Wildman–Crippen MR) is 88.9 cm³/mol. The summed E-state index contributed by atoms with van der Waals surface area (Å²) in [6.45, 7) is 0. The van der Waals surface area contributed by atoms with Crippen molar-refractivity contribution in [2.24, 2.45) is 5.10 Å². The SMILES string of the molecule is O=C(N/N=C/c1ccc([N+](=O)[O-])cc1)C(=O)Nc1cccc(Cl)c1. The van der Waals surface area contributed by atoms with Gasteiger partial charge in [0, 0.05) is 22.8 Å². The highest BCUT2D eigenvalue weighted by Gasteiger charge is 2.12. The van der Waals surface area contributed by atoms with Crippen LogP contribution in [-0.4, -0.2) is 23.0 Å². The lowest BCUT2D eigenvalue weighted by Crippen LogP contribution is -2.32. The summed E-state index contributed by atoms with van der Waals surface area (Å²) in [6, 6.07) is 11.8. The molecule has 2 aromatic carbocycles. The van der Waals surface area contributed by atoms with Gasteiger partial charge in [0.2, 0.25) is 0 Å². The standard InChI is InChI=1S/C15H11ClN4O4/c16-11-2-1-3-12(8-11)18-14(21)15(22)19-17-9-10-4-6-13(7-5-10)20(23)24/h1-9H,(H,18,21)(H,19,22)/b17-9+. The highest BCUT2D eigenvalue weighted by molar-refractivity contribution is 6.39. The zero-order valence-electron chi connectivity index (χ0n) is 12.1. The Morgan fingerprint density at radius 3 is 2.46 bits per heavy atom. The molecule has 0 radical (unpaired) electrons. The molecule has 0 atom stereocenters. The maximum absolute atomic E-state index is 11.7. The molecule has 0 saturated carbocycles. The lowest BCUT2D eigenvalue weighted by molar-refractivity contribution is -0.384. The van der Waals surface area contributed by atoms with Crippen molar-refractivity contribution in [1.29, 1.82) is 0 Å². The third-order valence-corrected chi connectivity index (χ3v) is 3.01. The number of halogens is 1. The molecule has 0 heterocycles. The number of hydrazone groups is 1. The topological polar surface area (TPSA) is 114 Å². The van der Waals surface area contributed by atoms with Gasteiger partial charge in [-0.25, -0.2) is 5.43 Å². The highest BCUT2D eigenvalue weighted by Crippen LogP contribution is 2.14. The van der Waals surface area contributed by atoms with Crippen LogP contribution in [0.4, 0.5) is 11.4 Å². The Bertz CT molecular complexity index is 805. The molecule has 0 fully saturated rings. The lowest BCUT2D eigenvalue weighted by Gasteiger charge is -2.03. The summed E-state index contributed by atoms with van der Waals surface area (Å²) >= 11 is 5.77. The molecule has 0 spiro atoms. The van der Waals surface area contributed by atoms with E-state index in [1.807, 2.05) is 0 Å². The molecule has 8 nitrogen and oxygen atoms in total. The largest absolute Gasteiger partial charge is 0.329 e. The molecule has 0 unspecified atom stereocenters. The number of hydrogen-bond donors (Lipinski definition) is 2. The van der Waals surface area contributed by atoms with Crippen LogP contribution in [0, 0.1) is 10.1 Å². The first-order chi connectivity index (χ1) is 11.5. The zero-order chi connectivity index (χ0) is 17.5. The fourth-order valence-electron chi connectivity index (χ4n) is 1.65.